The normalized spacial score (nSPS) is 23.4. The number of carbonyl (C=O) groups is 2. The van der Waals surface area contributed by atoms with Gasteiger partial charge in [0.25, 0.3) is 5.91 Å². The number of piperidine rings is 2. The Balaban J connectivity index is 1.47. The summed E-state index contributed by atoms with van der Waals surface area (Å²) >= 11 is 0. The molecule has 3 aliphatic heterocycles. The van der Waals surface area contributed by atoms with E-state index >= 15 is 0 Å². The molecule has 4 heterocycles. The van der Waals surface area contributed by atoms with Gasteiger partial charge in [-0.25, -0.2) is 9.97 Å². The van der Waals surface area contributed by atoms with E-state index in [1.54, 1.807) is 6.20 Å². The average molecular weight is 416 g/mol. The van der Waals surface area contributed by atoms with Gasteiger partial charge in [-0.1, -0.05) is 0 Å². The highest BCUT2D eigenvalue weighted by molar-refractivity contribution is 5.95. The molecule has 0 aliphatic carbocycles. The number of hydrogen-bond donors (Lipinski definition) is 0. The molecule has 0 spiro atoms. The van der Waals surface area contributed by atoms with Crippen molar-refractivity contribution < 1.29 is 14.3 Å². The third kappa shape index (κ3) is 4.81. The minimum atomic E-state index is -0.106. The SMILES string of the molecule is Cc1nc(C2CCCCN2C(=O)CN2CCOCC2)ncc1C(=O)N1CCCCC1. The minimum absolute atomic E-state index is 0.0302. The van der Waals surface area contributed by atoms with E-state index in [1.807, 2.05) is 16.7 Å². The fourth-order valence-corrected chi connectivity index (χ4v) is 4.66. The lowest BCUT2D eigenvalue weighted by Gasteiger charge is -2.37. The first kappa shape index (κ1) is 21.2. The van der Waals surface area contributed by atoms with E-state index in [0.717, 1.165) is 64.8 Å². The van der Waals surface area contributed by atoms with Gasteiger partial charge in [0.15, 0.2) is 5.82 Å². The van der Waals surface area contributed by atoms with E-state index in [-0.39, 0.29) is 17.9 Å². The van der Waals surface area contributed by atoms with Crippen molar-refractivity contribution in [3.8, 4) is 0 Å². The van der Waals surface area contributed by atoms with Gasteiger partial charge in [0.05, 0.1) is 37.1 Å². The molecule has 3 fully saturated rings. The second kappa shape index (κ2) is 9.83. The zero-order chi connectivity index (χ0) is 20.9. The van der Waals surface area contributed by atoms with Gasteiger partial charge in [-0.05, 0) is 45.4 Å². The maximum atomic E-state index is 13.0. The second-order valence-electron chi connectivity index (χ2n) is 8.57. The molecule has 0 bridgehead atoms. The zero-order valence-electron chi connectivity index (χ0n) is 18.0. The number of aryl methyl sites for hydroxylation is 1. The Morgan fingerprint density at radius 1 is 1.03 bits per heavy atom. The summed E-state index contributed by atoms with van der Waals surface area (Å²) in [5, 5.41) is 0. The molecule has 0 radical (unpaired) electrons. The van der Waals surface area contributed by atoms with Crippen LogP contribution in [0.4, 0.5) is 0 Å². The standard InChI is InChI=1S/C22H33N5O3/c1-17-18(22(29)26-8-4-2-5-9-26)15-23-21(24-17)19-7-3-6-10-27(19)20(28)16-25-11-13-30-14-12-25/h15,19H,2-14,16H2,1H3. The van der Waals surface area contributed by atoms with E-state index in [4.69, 9.17) is 9.72 Å². The Bertz CT molecular complexity index is 759. The summed E-state index contributed by atoms with van der Waals surface area (Å²) in [6.07, 6.45) is 7.92. The third-order valence-electron chi connectivity index (χ3n) is 6.46. The molecule has 0 saturated carbocycles. The molecule has 1 aromatic heterocycles. The molecular weight excluding hydrogens is 382 g/mol. The summed E-state index contributed by atoms with van der Waals surface area (Å²) in [7, 11) is 0. The Kier molecular flexibility index (Phi) is 6.94. The molecule has 2 amide bonds. The summed E-state index contributed by atoms with van der Waals surface area (Å²) in [4.78, 5) is 41.2. The molecule has 0 N–H and O–H groups in total. The van der Waals surface area contributed by atoms with Gasteiger partial charge in [0, 0.05) is 38.9 Å². The first-order valence-corrected chi connectivity index (χ1v) is 11.4. The number of aromatic nitrogens is 2. The van der Waals surface area contributed by atoms with Crippen LogP contribution in [0, 0.1) is 6.92 Å². The molecule has 3 aliphatic rings. The highest BCUT2D eigenvalue weighted by Gasteiger charge is 2.32. The first-order valence-electron chi connectivity index (χ1n) is 11.4. The van der Waals surface area contributed by atoms with Gasteiger partial charge in [0.2, 0.25) is 5.91 Å². The Morgan fingerprint density at radius 2 is 1.77 bits per heavy atom. The van der Waals surface area contributed by atoms with Gasteiger partial charge >= 0.3 is 0 Å². The number of ether oxygens (including phenoxy) is 1. The molecule has 1 atom stereocenters. The van der Waals surface area contributed by atoms with Crippen molar-refractivity contribution >= 4 is 11.8 Å². The fraction of sp³-hybridized carbons (Fsp3) is 0.727. The van der Waals surface area contributed by atoms with E-state index < -0.39 is 0 Å². The molecule has 4 rings (SSSR count). The highest BCUT2D eigenvalue weighted by atomic mass is 16.5. The lowest BCUT2D eigenvalue weighted by molar-refractivity contribution is -0.137. The van der Waals surface area contributed by atoms with Crippen LogP contribution in [-0.4, -0.2) is 89.0 Å². The summed E-state index contributed by atoms with van der Waals surface area (Å²) in [5.74, 6) is 0.830. The fourth-order valence-electron chi connectivity index (χ4n) is 4.66. The van der Waals surface area contributed by atoms with Crippen LogP contribution in [0.5, 0.6) is 0 Å². The number of morpholine rings is 1. The summed E-state index contributed by atoms with van der Waals surface area (Å²) in [6.45, 7) is 7.64. The number of likely N-dealkylation sites (tertiary alicyclic amines) is 2. The van der Waals surface area contributed by atoms with Crippen LogP contribution in [0.15, 0.2) is 6.20 Å². The summed E-state index contributed by atoms with van der Waals surface area (Å²) in [5.41, 5.74) is 1.30. The largest absolute Gasteiger partial charge is 0.379 e. The first-order chi connectivity index (χ1) is 14.6. The topological polar surface area (TPSA) is 78.9 Å². The van der Waals surface area contributed by atoms with Crippen molar-refractivity contribution in [3.63, 3.8) is 0 Å². The van der Waals surface area contributed by atoms with Gasteiger partial charge in [-0.2, -0.15) is 0 Å². The Morgan fingerprint density at radius 3 is 2.50 bits per heavy atom. The number of carbonyl (C=O) groups excluding carboxylic acids is 2. The van der Waals surface area contributed by atoms with Crippen LogP contribution in [0.2, 0.25) is 0 Å². The smallest absolute Gasteiger partial charge is 0.257 e. The molecule has 164 valence electrons. The minimum Gasteiger partial charge on any atom is -0.379 e. The molecule has 1 unspecified atom stereocenters. The molecule has 1 aromatic rings. The Hall–Kier alpha value is -2.06. The van der Waals surface area contributed by atoms with E-state index in [1.165, 1.54) is 6.42 Å². The lowest BCUT2D eigenvalue weighted by Crippen LogP contribution is -2.47. The number of amides is 2. The van der Waals surface area contributed by atoms with Crippen LogP contribution < -0.4 is 0 Å². The number of rotatable bonds is 4. The second-order valence-corrected chi connectivity index (χ2v) is 8.57. The molecule has 8 heteroatoms. The predicted octanol–water partition coefficient (Wildman–Crippen LogP) is 1.80. The van der Waals surface area contributed by atoms with Gasteiger partial charge in [0.1, 0.15) is 0 Å². The molecule has 8 nitrogen and oxygen atoms in total. The van der Waals surface area contributed by atoms with Crippen LogP contribution in [-0.2, 0) is 9.53 Å². The van der Waals surface area contributed by atoms with Gasteiger partial charge in [-0.15, -0.1) is 0 Å². The third-order valence-corrected chi connectivity index (χ3v) is 6.46. The zero-order valence-corrected chi connectivity index (χ0v) is 18.0. The number of nitrogens with zero attached hydrogens (tertiary/aromatic N) is 5. The van der Waals surface area contributed by atoms with E-state index in [2.05, 4.69) is 9.88 Å². The average Bonchev–Trinajstić information content (AvgIpc) is 2.80. The van der Waals surface area contributed by atoms with Crippen LogP contribution in [0.25, 0.3) is 0 Å². The maximum absolute atomic E-state index is 13.0. The van der Waals surface area contributed by atoms with Crippen LogP contribution in [0.1, 0.15) is 66.4 Å². The van der Waals surface area contributed by atoms with Crippen molar-refractivity contribution in [1.82, 2.24) is 24.7 Å². The molecule has 0 aromatic carbocycles. The van der Waals surface area contributed by atoms with Crippen LogP contribution >= 0.6 is 0 Å². The van der Waals surface area contributed by atoms with Gasteiger partial charge < -0.3 is 14.5 Å². The quantitative estimate of drug-likeness (QED) is 0.746. The van der Waals surface area contributed by atoms with Crippen molar-refractivity contribution in [2.45, 2.75) is 51.5 Å². The van der Waals surface area contributed by atoms with Crippen molar-refractivity contribution in [1.29, 1.82) is 0 Å². The van der Waals surface area contributed by atoms with Crippen molar-refractivity contribution in [3.05, 3.63) is 23.3 Å². The monoisotopic (exact) mass is 415 g/mol. The van der Waals surface area contributed by atoms with E-state index in [9.17, 15) is 9.59 Å². The van der Waals surface area contributed by atoms with Crippen LogP contribution in [0.3, 0.4) is 0 Å². The van der Waals surface area contributed by atoms with E-state index in [0.29, 0.717) is 36.8 Å². The van der Waals surface area contributed by atoms with Crippen molar-refractivity contribution in [2.75, 3.05) is 52.5 Å². The Labute approximate surface area is 178 Å². The molecular formula is C22H33N5O3. The number of hydrogen-bond acceptors (Lipinski definition) is 6. The van der Waals surface area contributed by atoms with Crippen molar-refractivity contribution in [2.24, 2.45) is 0 Å². The summed E-state index contributed by atoms with van der Waals surface area (Å²) in [6, 6.07) is -0.106. The molecule has 30 heavy (non-hydrogen) atoms. The molecule has 3 saturated heterocycles. The predicted molar refractivity (Wildman–Crippen MR) is 112 cm³/mol. The lowest BCUT2D eigenvalue weighted by atomic mass is 10.0. The highest BCUT2D eigenvalue weighted by Crippen LogP contribution is 2.29. The summed E-state index contributed by atoms with van der Waals surface area (Å²) < 4.78 is 5.39. The maximum Gasteiger partial charge on any atom is 0.257 e. The van der Waals surface area contributed by atoms with Gasteiger partial charge in [-0.3, -0.25) is 14.5 Å².